The first-order chi connectivity index (χ1) is 18.3. The van der Waals surface area contributed by atoms with Crippen LogP contribution in [0.1, 0.15) is 42.4 Å². The lowest BCUT2D eigenvalue weighted by molar-refractivity contribution is -0.0214. The highest BCUT2D eigenvalue weighted by atomic mass is 19.1. The molecule has 11 nitrogen and oxygen atoms in total. The largest absolute Gasteiger partial charge is 0.465 e. The third kappa shape index (κ3) is 6.42. The zero-order chi connectivity index (χ0) is 28.5. The molecule has 13 heteroatoms. The van der Waals surface area contributed by atoms with E-state index in [0.29, 0.717) is 11.3 Å². The molecule has 1 fully saturated rings. The number of hydrogen-bond acceptors (Lipinski definition) is 6. The normalized spacial score (nSPS) is 15.7. The summed E-state index contributed by atoms with van der Waals surface area (Å²) < 4.78 is 43.3. The quantitative estimate of drug-likeness (QED) is 0.426. The minimum absolute atomic E-state index is 0.00508. The average molecular weight is 546 g/mol. The van der Waals surface area contributed by atoms with E-state index in [2.05, 4.69) is 10.4 Å². The number of imidazole rings is 1. The van der Waals surface area contributed by atoms with Gasteiger partial charge in [0, 0.05) is 24.7 Å². The van der Waals surface area contributed by atoms with Gasteiger partial charge in [-0.25, -0.2) is 28.8 Å². The van der Waals surface area contributed by atoms with Crippen molar-refractivity contribution in [3.63, 3.8) is 0 Å². The number of hydrogen-bond donors (Lipinski definition) is 3. The van der Waals surface area contributed by atoms with Crippen molar-refractivity contribution < 1.29 is 37.7 Å². The third-order valence-corrected chi connectivity index (χ3v) is 5.93. The molecule has 3 aromatic rings. The number of aryl methyl sites for hydroxylation is 1. The van der Waals surface area contributed by atoms with Crippen molar-refractivity contribution in [1.29, 1.82) is 0 Å². The summed E-state index contributed by atoms with van der Waals surface area (Å²) in [5, 5.41) is 9.37. The summed E-state index contributed by atoms with van der Waals surface area (Å²) in [5.41, 5.74) is 4.19. The number of ether oxygens (including phenoxy) is 2. The molecule has 1 atom stereocenters. The Morgan fingerprint density at radius 3 is 2.51 bits per heavy atom. The predicted molar refractivity (Wildman–Crippen MR) is 135 cm³/mol. The smallest absolute Gasteiger partial charge is 0.426 e. The number of amides is 3. The molecule has 0 spiro atoms. The molecule has 1 aliphatic rings. The van der Waals surface area contributed by atoms with E-state index in [1.807, 2.05) is 18.4 Å². The van der Waals surface area contributed by atoms with Gasteiger partial charge in [0.1, 0.15) is 22.9 Å². The Labute approximate surface area is 222 Å². The van der Waals surface area contributed by atoms with Gasteiger partial charge in [-0.15, -0.1) is 0 Å². The number of morpholine rings is 1. The zero-order valence-electron chi connectivity index (χ0n) is 21.9. The number of rotatable bonds is 4. The molecule has 0 radical (unpaired) electrons. The first-order valence-corrected chi connectivity index (χ1v) is 12.2. The van der Waals surface area contributed by atoms with Crippen LogP contribution in [-0.4, -0.2) is 68.9 Å². The van der Waals surface area contributed by atoms with Crippen LogP contribution in [-0.2, 0) is 15.9 Å². The standard InChI is InChI=1S/C26H29F2N5O6/c1-14-5-6-33-19(12-16-13-32(25(36)37)7-8-38-16)22(29-20(33)9-14)21-17(27)10-15(11-18(21)28)23(34)30-31-24(35)39-26(2,3)4/h5-6,9-11,16H,7-8,12-13H2,1-4H3,(H,30,34)(H,31,35)(H,36,37)/t16-/m0/s1. The lowest BCUT2D eigenvalue weighted by Crippen LogP contribution is -2.45. The van der Waals surface area contributed by atoms with Gasteiger partial charge < -0.3 is 23.9 Å². The van der Waals surface area contributed by atoms with E-state index in [-0.39, 0.29) is 37.4 Å². The Balaban J connectivity index is 1.65. The number of halogens is 2. The number of nitrogens with one attached hydrogen (secondary N) is 2. The second kappa shape index (κ2) is 10.8. The fourth-order valence-electron chi connectivity index (χ4n) is 4.24. The van der Waals surface area contributed by atoms with Gasteiger partial charge in [-0.1, -0.05) is 0 Å². The van der Waals surface area contributed by atoms with E-state index in [1.165, 1.54) is 4.90 Å². The lowest BCUT2D eigenvalue weighted by atomic mass is 10.0. The molecule has 3 N–H and O–H groups in total. The highest BCUT2D eigenvalue weighted by Crippen LogP contribution is 2.32. The molecule has 4 rings (SSSR count). The summed E-state index contributed by atoms with van der Waals surface area (Å²) in [7, 11) is 0. The van der Waals surface area contributed by atoms with Crippen molar-refractivity contribution in [2.45, 2.75) is 45.8 Å². The van der Waals surface area contributed by atoms with Crippen LogP contribution in [0.25, 0.3) is 16.9 Å². The van der Waals surface area contributed by atoms with E-state index in [4.69, 9.17) is 9.47 Å². The minimum Gasteiger partial charge on any atom is -0.465 e. The van der Waals surface area contributed by atoms with Gasteiger partial charge in [0.05, 0.1) is 36.2 Å². The fourth-order valence-corrected chi connectivity index (χ4v) is 4.24. The maximum absolute atomic E-state index is 15.4. The first kappa shape index (κ1) is 27.8. The average Bonchev–Trinajstić information content (AvgIpc) is 3.17. The van der Waals surface area contributed by atoms with Crippen LogP contribution in [0, 0.1) is 18.6 Å². The molecule has 1 aromatic carbocycles. The molecule has 208 valence electrons. The van der Waals surface area contributed by atoms with Gasteiger partial charge in [-0.3, -0.25) is 10.2 Å². The monoisotopic (exact) mass is 545 g/mol. The van der Waals surface area contributed by atoms with Gasteiger partial charge in [-0.2, -0.15) is 0 Å². The number of fused-ring (bicyclic) bond motifs is 1. The van der Waals surface area contributed by atoms with E-state index in [1.54, 1.807) is 37.4 Å². The maximum Gasteiger partial charge on any atom is 0.426 e. The van der Waals surface area contributed by atoms with E-state index >= 15 is 8.78 Å². The van der Waals surface area contributed by atoms with Gasteiger partial charge >= 0.3 is 12.2 Å². The van der Waals surface area contributed by atoms with Crippen LogP contribution in [0.4, 0.5) is 18.4 Å². The lowest BCUT2D eigenvalue weighted by Gasteiger charge is -2.31. The Hall–Kier alpha value is -4.26. The fraction of sp³-hybridized carbons (Fsp3) is 0.385. The number of aromatic nitrogens is 2. The second-order valence-corrected chi connectivity index (χ2v) is 10.2. The topological polar surface area (TPSA) is 134 Å². The number of nitrogens with zero attached hydrogens (tertiary/aromatic N) is 3. The van der Waals surface area contributed by atoms with Crippen LogP contribution < -0.4 is 10.9 Å². The van der Waals surface area contributed by atoms with Crippen LogP contribution in [0.15, 0.2) is 30.5 Å². The van der Waals surface area contributed by atoms with Crippen LogP contribution in [0.3, 0.4) is 0 Å². The molecule has 1 aliphatic heterocycles. The Kier molecular flexibility index (Phi) is 7.72. The SMILES string of the molecule is Cc1ccn2c(C[C@H]3CN(C(=O)O)CCO3)c(-c3c(F)cc(C(=O)NNC(=O)OC(C)(C)C)cc3F)nc2c1. The summed E-state index contributed by atoms with van der Waals surface area (Å²) in [6, 6.07) is 5.24. The Morgan fingerprint density at radius 1 is 1.18 bits per heavy atom. The minimum atomic E-state index is -1.08. The molecule has 0 saturated carbocycles. The number of carbonyl (C=O) groups is 3. The predicted octanol–water partition coefficient (Wildman–Crippen LogP) is 3.68. The molecule has 1 saturated heterocycles. The van der Waals surface area contributed by atoms with E-state index < -0.39 is 47.0 Å². The summed E-state index contributed by atoms with van der Waals surface area (Å²) in [6.07, 6.45) is -0.739. The Morgan fingerprint density at radius 2 is 1.87 bits per heavy atom. The van der Waals surface area contributed by atoms with Gasteiger partial charge in [0.25, 0.3) is 5.91 Å². The first-order valence-electron chi connectivity index (χ1n) is 12.2. The molecule has 3 heterocycles. The summed E-state index contributed by atoms with van der Waals surface area (Å²) in [5.74, 6) is -3.05. The van der Waals surface area contributed by atoms with Crippen molar-refractivity contribution in [3.05, 3.63) is 58.9 Å². The number of carbonyl (C=O) groups excluding carboxylic acids is 2. The van der Waals surface area contributed by atoms with E-state index in [9.17, 15) is 19.5 Å². The number of hydrazine groups is 1. The summed E-state index contributed by atoms with van der Waals surface area (Å²) in [4.78, 5) is 41.4. The van der Waals surface area contributed by atoms with Crippen molar-refractivity contribution in [3.8, 4) is 11.3 Å². The molecule has 0 unspecified atom stereocenters. The third-order valence-electron chi connectivity index (χ3n) is 5.93. The second-order valence-electron chi connectivity index (χ2n) is 10.2. The van der Waals surface area contributed by atoms with Gasteiger partial charge in [0.2, 0.25) is 0 Å². The Bertz CT molecular complexity index is 1410. The molecule has 2 aromatic heterocycles. The molecule has 39 heavy (non-hydrogen) atoms. The van der Waals surface area contributed by atoms with Gasteiger partial charge in [-0.05, 0) is 57.5 Å². The molecule has 0 aliphatic carbocycles. The number of carboxylic acid groups (broad SMARTS) is 1. The molecular formula is C26H29F2N5O6. The van der Waals surface area contributed by atoms with Crippen molar-refractivity contribution in [1.82, 2.24) is 25.1 Å². The number of pyridine rings is 1. The summed E-state index contributed by atoms with van der Waals surface area (Å²) in [6.45, 7) is 7.25. The van der Waals surface area contributed by atoms with Gasteiger partial charge in [0.15, 0.2) is 0 Å². The number of benzene rings is 1. The summed E-state index contributed by atoms with van der Waals surface area (Å²) >= 11 is 0. The van der Waals surface area contributed by atoms with Crippen LogP contribution in [0.2, 0.25) is 0 Å². The van der Waals surface area contributed by atoms with Crippen molar-refractivity contribution in [2.24, 2.45) is 0 Å². The van der Waals surface area contributed by atoms with Crippen molar-refractivity contribution in [2.75, 3.05) is 19.7 Å². The zero-order valence-corrected chi connectivity index (χ0v) is 21.9. The highest BCUT2D eigenvalue weighted by Gasteiger charge is 2.29. The molecule has 3 amide bonds. The molecular weight excluding hydrogens is 516 g/mol. The molecule has 0 bridgehead atoms. The maximum atomic E-state index is 15.4. The van der Waals surface area contributed by atoms with Crippen LogP contribution >= 0.6 is 0 Å². The van der Waals surface area contributed by atoms with Crippen molar-refractivity contribution >= 4 is 23.7 Å². The highest BCUT2D eigenvalue weighted by molar-refractivity contribution is 5.95. The van der Waals surface area contributed by atoms with Crippen LogP contribution in [0.5, 0.6) is 0 Å². The van der Waals surface area contributed by atoms with E-state index in [0.717, 1.165) is 17.7 Å².